The van der Waals surface area contributed by atoms with Crippen molar-refractivity contribution < 1.29 is 73.9 Å². The van der Waals surface area contributed by atoms with Gasteiger partial charge in [-0.1, -0.05) is 218 Å². The molecule has 4 amide bonds. The fraction of sp³-hybridized carbons (Fsp3) is 0.269. The molecule has 8 aliphatic rings. The predicted molar refractivity (Wildman–Crippen MR) is 499 cm³/mol. The average Bonchev–Trinajstić information content (AvgIpc) is 1.75. The molecule has 20 rings (SSSR count). The van der Waals surface area contributed by atoms with Crippen molar-refractivity contribution in [3.05, 3.63) is 334 Å². The topological polar surface area (TPSA) is 223 Å². The van der Waals surface area contributed by atoms with Crippen LogP contribution in [0.1, 0.15) is 174 Å². The minimum Gasteiger partial charge on any atom is -0.454 e. The van der Waals surface area contributed by atoms with E-state index in [0.29, 0.717) is 46.0 Å². The van der Waals surface area contributed by atoms with Gasteiger partial charge in [-0.15, -0.1) is 0 Å². The Hall–Kier alpha value is -12.5. The second-order valence-electron chi connectivity index (χ2n) is 36.2. The monoisotopic (exact) mass is 1790 g/mol. The van der Waals surface area contributed by atoms with Gasteiger partial charge in [0.1, 0.15) is 43.9 Å². The Morgan fingerprint density at radius 2 is 0.383 bits per heavy atom. The summed E-state index contributed by atoms with van der Waals surface area (Å²) in [7, 11) is -6.08. The Kier molecular flexibility index (Phi) is 24.4. The number of ether oxygens (including phenoxy) is 8. The summed E-state index contributed by atoms with van der Waals surface area (Å²) < 4.78 is 102. The van der Waals surface area contributed by atoms with Crippen molar-refractivity contribution in [1.82, 2.24) is 17.2 Å². The van der Waals surface area contributed by atoms with Crippen LogP contribution in [0.2, 0.25) is 0 Å². The van der Waals surface area contributed by atoms with Crippen molar-refractivity contribution in [2.75, 3.05) is 27.2 Å². The molecule has 24 heteroatoms. The molecule has 656 valence electrons. The summed E-state index contributed by atoms with van der Waals surface area (Å²) in [5.74, 6) is 4.64. The molecule has 0 saturated carbocycles. The zero-order chi connectivity index (χ0) is 89.8. The van der Waals surface area contributed by atoms with Gasteiger partial charge in [0.2, 0.25) is 50.8 Å². The molecule has 0 unspecified atom stereocenters. The van der Waals surface area contributed by atoms with Crippen LogP contribution in [-0.2, 0) is 88.8 Å². The summed E-state index contributed by atoms with van der Waals surface area (Å²) in [4.78, 5) is 53.1. The zero-order valence-electron chi connectivity index (χ0n) is 73.3. The van der Waals surface area contributed by atoms with E-state index >= 15 is 0 Å². The maximum Gasteiger partial charge on any atom is 0.239 e. The van der Waals surface area contributed by atoms with Crippen molar-refractivity contribution in [3.8, 4) is 90.5 Å². The lowest BCUT2D eigenvalue weighted by Crippen LogP contribution is -2.47. The van der Waals surface area contributed by atoms with Crippen LogP contribution in [0.5, 0.6) is 46.0 Å². The molecule has 8 aliphatic heterocycles. The largest absolute Gasteiger partial charge is 0.454 e. The van der Waals surface area contributed by atoms with Crippen molar-refractivity contribution >= 4 is 67.6 Å². The third-order valence-corrected chi connectivity index (χ3v) is 30.4. The second-order valence-corrected chi connectivity index (χ2v) is 44.7. The van der Waals surface area contributed by atoms with Gasteiger partial charge in [0.05, 0.1) is 68.8 Å². The van der Waals surface area contributed by atoms with Gasteiger partial charge in [-0.25, -0.2) is 34.1 Å². The summed E-state index contributed by atoms with van der Waals surface area (Å²) in [6, 6.07) is 86.6. The van der Waals surface area contributed by atoms with E-state index in [4.69, 9.17) is 37.9 Å². The van der Waals surface area contributed by atoms with Gasteiger partial charge in [0.25, 0.3) is 0 Å². The van der Waals surface area contributed by atoms with E-state index < -0.39 is 87.1 Å². The van der Waals surface area contributed by atoms with E-state index in [1.807, 2.05) is 253 Å². The Labute approximate surface area is 756 Å². The van der Waals surface area contributed by atoms with Crippen LogP contribution in [-0.4, -0.2) is 104 Å². The van der Waals surface area contributed by atoms with Gasteiger partial charge in [-0.3, -0.25) is 19.2 Å². The zero-order valence-corrected chi connectivity index (χ0v) is 76.6. The van der Waals surface area contributed by atoms with Gasteiger partial charge in [-0.2, -0.15) is 0 Å². The highest BCUT2D eigenvalue weighted by Gasteiger charge is 2.47. The smallest absolute Gasteiger partial charge is 0.239 e. The van der Waals surface area contributed by atoms with Gasteiger partial charge in [0.15, 0.2) is 46.0 Å². The molecule has 12 aromatic carbocycles. The van der Waals surface area contributed by atoms with Gasteiger partial charge >= 0.3 is 0 Å². The van der Waals surface area contributed by atoms with Gasteiger partial charge in [-0.05, 0) is 243 Å². The molecule has 128 heavy (non-hydrogen) atoms. The summed E-state index contributed by atoms with van der Waals surface area (Å²) in [5, 5.41) is 0. The number of rotatable bonds is 12. The molecule has 8 heterocycles. The number of nitrogens with zero attached hydrogens (tertiary/aromatic N) is 4. The highest BCUT2D eigenvalue weighted by atomic mass is 32.2. The van der Waals surface area contributed by atoms with E-state index in [0.717, 1.165) is 111 Å². The third kappa shape index (κ3) is 17.9. The van der Waals surface area contributed by atoms with Gasteiger partial charge in [0, 0.05) is 0 Å². The van der Waals surface area contributed by atoms with Crippen LogP contribution in [0.3, 0.4) is 0 Å². The second kappa shape index (κ2) is 35.6. The number of benzene rings is 12. The van der Waals surface area contributed by atoms with Crippen LogP contribution in [0.25, 0.3) is 44.5 Å². The molecule has 0 bridgehead atoms. The number of hydrogen-bond acceptors (Lipinski definition) is 16. The molecule has 0 spiro atoms. The number of hydrogen-bond donors (Lipinski definition) is 0. The van der Waals surface area contributed by atoms with Crippen molar-refractivity contribution in [2.45, 2.75) is 152 Å². The van der Waals surface area contributed by atoms with Crippen molar-refractivity contribution in [1.29, 1.82) is 0 Å². The molecular formula is C104H100N4O16S4. The predicted octanol–water partition coefficient (Wildman–Crippen LogP) is 20.1. The van der Waals surface area contributed by atoms with E-state index in [1.165, 1.54) is 0 Å². The molecule has 0 fully saturated rings. The molecule has 0 radical (unpaired) electrons. The molecule has 12 aromatic rings. The summed E-state index contributed by atoms with van der Waals surface area (Å²) in [6.07, 6.45) is 0.748. The van der Waals surface area contributed by atoms with Crippen LogP contribution >= 0.6 is 0 Å². The lowest BCUT2D eigenvalue weighted by molar-refractivity contribution is -0.128. The Bertz CT molecular complexity index is 5570. The molecule has 0 N–H and O–H groups in total. The van der Waals surface area contributed by atoms with Gasteiger partial charge < -0.3 is 37.9 Å². The maximum absolute atomic E-state index is 13.5. The van der Waals surface area contributed by atoms with Crippen LogP contribution in [0, 0.1) is 0 Å². The Morgan fingerprint density at radius 3 is 0.547 bits per heavy atom. The lowest BCUT2D eigenvalue weighted by Gasteiger charge is -2.39. The van der Waals surface area contributed by atoms with E-state index in [-0.39, 0.29) is 76.5 Å². The summed E-state index contributed by atoms with van der Waals surface area (Å²) in [6.45, 7) is 23.3. The SMILES string of the molecule is CC(C)(C)[S@@](=O)N1C(=O)Cc2cc3c(cc2[C@@H]1c1ccc(-c2ccccc2)cc1)OCO3.CC(C)(C)[S@@](=O)N1C(=O)Cc2cc3c(cc2[C@@H]1c1ccc(-c2ccccc2)cc1)OCO3.CC(C)(C)[S@@](=O)N1C(=O)Cc2cc3c(cc2[C@@H]1c1ccc(-c2ccccc2)cc1)OCO3.CC(C)(C)[S@@](=O)N1C(=O)Cc2cc3c(cc2[C@@H]1c1ccc(-c2ccccc2)cc1)OCO3. The first-order chi connectivity index (χ1) is 61.3. The van der Waals surface area contributed by atoms with E-state index in [2.05, 4.69) is 97.1 Å². The molecule has 0 saturated heterocycles. The molecule has 0 aliphatic carbocycles. The first-order valence-electron chi connectivity index (χ1n) is 42.6. The first kappa shape index (κ1) is 87.6. The highest BCUT2D eigenvalue weighted by Crippen LogP contribution is 2.51. The Balaban J connectivity index is 0.000000120. The average molecular weight is 1790 g/mol. The molecule has 20 nitrogen and oxygen atoms in total. The standard InChI is InChI=1S/4C26H25NO4S/c4*1-26(2,3)32(29)27-24(28)14-20-13-22-23(31-16-30-22)15-21(20)25(27)19-11-9-18(10-12-19)17-7-5-4-6-8-17/h4*4-13,15,25H,14,16H2,1-3H3/t4*25-,32+/m0000/s1. The first-order valence-corrected chi connectivity index (χ1v) is 47.0. The molecule has 8 atom stereocenters. The summed E-state index contributed by atoms with van der Waals surface area (Å²) in [5.41, 5.74) is 19.8. The fourth-order valence-electron chi connectivity index (χ4n) is 16.8. The number of fused-ring (bicyclic) bond motifs is 8. The summed E-state index contributed by atoms with van der Waals surface area (Å²) >= 11 is 0. The number of carbonyl (C=O) groups is 4. The van der Waals surface area contributed by atoms with Crippen molar-refractivity contribution in [2.24, 2.45) is 0 Å². The quantitative estimate of drug-likeness (QED) is 0.111. The minimum atomic E-state index is -1.52. The number of amides is 4. The van der Waals surface area contributed by atoms with Crippen molar-refractivity contribution in [3.63, 3.8) is 0 Å². The van der Waals surface area contributed by atoms with Crippen LogP contribution in [0.15, 0.2) is 267 Å². The van der Waals surface area contributed by atoms with E-state index in [1.54, 1.807) is 17.2 Å². The maximum atomic E-state index is 13.5. The normalized spacial score (nSPS) is 18.4. The Morgan fingerprint density at radius 1 is 0.227 bits per heavy atom. The number of carbonyl (C=O) groups excluding carboxylic acids is 4. The minimum absolute atomic E-state index is 0.151. The molecular weight excluding hydrogens is 1690 g/mol. The van der Waals surface area contributed by atoms with Crippen LogP contribution in [0.4, 0.5) is 0 Å². The third-order valence-electron chi connectivity index (χ3n) is 23.1. The highest BCUT2D eigenvalue weighted by molar-refractivity contribution is 7.85. The molecule has 0 aromatic heterocycles. The van der Waals surface area contributed by atoms with Crippen LogP contribution < -0.4 is 37.9 Å². The van der Waals surface area contributed by atoms with E-state index in [9.17, 15) is 36.0 Å². The fourth-order valence-corrected chi connectivity index (χ4v) is 21.9. The lowest BCUT2D eigenvalue weighted by atomic mass is 9.88.